The van der Waals surface area contributed by atoms with Gasteiger partial charge in [-0.3, -0.25) is 4.79 Å². The molecular weight excluding hydrogens is 196 g/mol. The van der Waals surface area contributed by atoms with Crippen LogP contribution in [0, 0.1) is 5.92 Å². The Morgan fingerprint density at radius 2 is 2.12 bits per heavy atom. The van der Waals surface area contributed by atoms with Crippen molar-refractivity contribution in [1.29, 1.82) is 0 Å². The first-order valence-corrected chi connectivity index (χ1v) is 6.29. The molecule has 86 valence electrons. The number of carbonyl (C=O) groups excluding carboxylic acids is 1. The summed E-state index contributed by atoms with van der Waals surface area (Å²) in [4.78, 5) is 12.1. The molecule has 0 N–H and O–H groups in total. The van der Waals surface area contributed by atoms with Gasteiger partial charge in [0, 0.05) is 12.3 Å². The van der Waals surface area contributed by atoms with Crippen molar-refractivity contribution in [3.63, 3.8) is 0 Å². The van der Waals surface area contributed by atoms with E-state index >= 15 is 0 Å². The number of hydrogen-bond acceptors (Lipinski definition) is 1. The van der Waals surface area contributed by atoms with Crippen LogP contribution in [0.3, 0.4) is 0 Å². The Morgan fingerprint density at radius 1 is 1.38 bits per heavy atom. The molecule has 0 radical (unpaired) electrons. The largest absolute Gasteiger partial charge is 0.299 e. The minimum Gasteiger partial charge on any atom is -0.299 e. The number of rotatable bonds is 4. The van der Waals surface area contributed by atoms with Gasteiger partial charge in [0.05, 0.1) is 0 Å². The Hall–Kier alpha value is -1.11. The van der Waals surface area contributed by atoms with Gasteiger partial charge in [0.1, 0.15) is 5.78 Å². The SMILES string of the molecule is CC(C)CCC(=O)C1CCc2ccccc21. The van der Waals surface area contributed by atoms with Gasteiger partial charge in [-0.15, -0.1) is 0 Å². The van der Waals surface area contributed by atoms with Gasteiger partial charge in [-0.1, -0.05) is 38.1 Å². The number of carbonyl (C=O) groups is 1. The lowest BCUT2D eigenvalue weighted by atomic mass is 9.92. The van der Waals surface area contributed by atoms with E-state index < -0.39 is 0 Å². The number of fused-ring (bicyclic) bond motifs is 1. The highest BCUT2D eigenvalue weighted by atomic mass is 16.1. The fraction of sp³-hybridized carbons (Fsp3) is 0.533. The molecule has 0 saturated carbocycles. The van der Waals surface area contributed by atoms with E-state index in [0.29, 0.717) is 11.7 Å². The lowest BCUT2D eigenvalue weighted by molar-refractivity contribution is -0.120. The van der Waals surface area contributed by atoms with Crippen LogP contribution in [0.5, 0.6) is 0 Å². The van der Waals surface area contributed by atoms with Crippen molar-refractivity contribution in [2.75, 3.05) is 0 Å². The maximum Gasteiger partial charge on any atom is 0.140 e. The van der Waals surface area contributed by atoms with E-state index in [1.54, 1.807) is 0 Å². The number of ketones is 1. The first kappa shape index (κ1) is 11.4. The number of aryl methyl sites for hydroxylation is 1. The summed E-state index contributed by atoms with van der Waals surface area (Å²) in [7, 11) is 0. The molecule has 1 aromatic rings. The van der Waals surface area contributed by atoms with E-state index in [2.05, 4.69) is 32.0 Å². The molecule has 1 unspecified atom stereocenters. The van der Waals surface area contributed by atoms with Crippen LogP contribution in [-0.4, -0.2) is 5.78 Å². The highest BCUT2D eigenvalue weighted by molar-refractivity contribution is 5.86. The maximum absolute atomic E-state index is 12.1. The molecule has 1 nitrogen and oxygen atoms in total. The molecule has 1 heteroatoms. The van der Waals surface area contributed by atoms with Crippen molar-refractivity contribution in [2.24, 2.45) is 5.92 Å². The summed E-state index contributed by atoms with van der Waals surface area (Å²) >= 11 is 0. The Bertz CT molecular complexity index is 379. The molecule has 0 aliphatic heterocycles. The van der Waals surface area contributed by atoms with Gasteiger partial charge in [-0.25, -0.2) is 0 Å². The first-order valence-electron chi connectivity index (χ1n) is 6.29. The number of hydrogen-bond donors (Lipinski definition) is 0. The first-order chi connectivity index (χ1) is 7.68. The standard InChI is InChI=1S/C15H20O/c1-11(2)7-10-15(16)14-9-8-12-5-3-4-6-13(12)14/h3-6,11,14H,7-10H2,1-2H3. The van der Waals surface area contributed by atoms with Gasteiger partial charge in [0.15, 0.2) is 0 Å². The van der Waals surface area contributed by atoms with Crippen LogP contribution in [0.1, 0.15) is 50.2 Å². The fourth-order valence-electron chi connectivity index (χ4n) is 2.50. The minimum absolute atomic E-state index is 0.190. The van der Waals surface area contributed by atoms with E-state index in [1.165, 1.54) is 11.1 Å². The van der Waals surface area contributed by atoms with E-state index in [9.17, 15) is 4.79 Å². The Kier molecular flexibility index (Phi) is 3.42. The van der Waals surface area contributed by atoms with Gasteiger partial charge < -0.3 is 0 Å². The summed E-state index contributed by atoms with van der Waals surface area (Å²) in [6.45, 7) is 4.35. The second-order valence-electron chi connectivity index (χ2n) is 5.19. The van der Waals surface area contributed by atoms with Crippen molar-refractivity contribution in [2.45, 2.75) is 45.4 Å². The van der Waals surface area contributed by atoms with Gasteiger partial charge in [-0.05, 0) is 36.3 Å². The quantitative estimate of drug-likeness (QED) is 0.749. The average Bonchev–Trinajstić information content (AvgIpc) is 2.69. The lowest BCUT2D eigenvalue weighted by Crippen LogP contribution is -2.10. The molecular formula is C15H20O. The van der Waals surface area contributed by atoms with Crippen molar-refractivity contribution in [3.8, 4) is 0 Å². The molecule has 2 rings (SSSR count). The lowest BCUT2D eigenvalue weighted by Gasteiger charge is -2.11. The van der Waals surface area contributed by atoms with Gasteiger partial charge >= 0.3 is 0 Å². The molecule has 1 aromatic carbocycles. The summed E-state index contributed by atoms with van der Waals surface area (Å²) < 4.78 is 0. The third-order valence-corrected chi connectivity index (χ3v) is 3.49. The van der Waals surface area contributed by atoms with Gasteiger partial charge in [-0.2, -0.15) is 0 Å². The molecule has 0 amide bonds. The van der Waals surface area contributed by atoms with Crippen molar-refractivity contribution in [1.82, 2.24) is 0 Å². The summed E-state index contributed by atoms with van der Waals surface area (Å²) in [5, 5.41) is 0. The summed E-state index contributed by atoms with van der Waals surface area (Å²) in [6.07, 6.45) is 3.87. The number of Topliss-reactive ketones (excluding diaryl/α,β-unsaturated/α-hetero) is 1. The third kappa shape index (κ3) is 2.34. The van der Waals surface area contributed by atoms with E-state index in [1.807, 2.05) is 6.07 Å². The normalized spacial score (nSPS) is 18.8. The molecule has 0 fully saturated rings. The van der Waals surface area contributed by atoms with Crippen molar-refractivity contribution < 1.29 is 4.79 Å². The topological polar surface area (TPSA) is 17.1 Å². The molecule has 1 aliphatic carbocycles. The summed E-state index contributed by atoms with van der Waals surface area (Å²) in [5.74, 6) is 1.26. The zero-order valence-electron chi connectivity index (χ0n) is 10.2. The average molecular weight is 216 g/mol. The number of benzene rings is 1. The van der Waals surface area contributed by atoms with Gasteiger partial charge in [0.2, 0.25) is 0 Å². The molecule has 0 spiro atoms. The fourth-order valence-corrected chi connectivity index (χ4v) is 2.50. The molecule has 16 heavy (non-hydrogen) atoms. The third-order valence-electron chi connectivity index (χ3n) is 3.49. The zero-order valence-corrected chi connectivity index (χ0v) is 10.2. The molecule has 0 heterocycles. The highest BCUT2D eigenvalue weighted by Crippen LogP contribution is 2.34. The second kappa shape index (κ2) is 4.82. The molecule has 0 saturated heterocycles. The maximum atomic E-state index is 12.1. The van der Waals surface area contributed by atoms with Gasteiger partial charge in [0.25, 0.3) is 0 Å². The van der Waals surface area contributed by atoms with Crippen molar-refractivity contribution in [3.05, 3.63) is 35.4 Å². The molecule has 1 aliphatic rings. The van der Waals surface area contributed by atoms with Crippen LogP contribution in [0.4, 0.5) is 0 Å². The summed E-state index contributed by atoms with van der Waals surface area (Å²) in [6, 6.07) is 8.40. The summed E-state index contributed by atoms with van der Waals surface area (Å²) in [5.41, 5.74) is 2.67. The highest BCUT2D eigenvalue weighted by Gasteiger charge is 2.27. The van der Waals surface area contributed by atoms with Crippen LogP contribution in [0.15, 0.2) is 24.3 Å². The monoisotopic (exact) mass is 216 g/mol. The second-order valence-corrected chi connectivity index (χ2v) is 5.19. The molecule has 1 atom stereocenters. The Morgan fingerprint density at radius 3 is 2.88 bits per heavy atom. The van der Waals surface area contributed by atoms with E-state index in [0.717, 1.165) is 25.7 Å². The van der Waals surface area contributed by atoms with Crippen LogP contribution >= 0.6 is 0 Å². The Labute approximate surface area is 97.9 Å². The van der Waals surface area contributed by atoms with Crippen LogP contribution < -0.4 is 0 Å². The smallest absolute Gasteiger partial charge is 0.140 e. The van der Waals surface area contributed by atoms with Crippen LogP contribution in [0.2, 0.25) is 0 Å². The molecule has 0 aromatic heterocycles. The van der Waals surface area contributed by atoms with Crippen LogP contribution in [0.25, 0.3) is 0 Å². The van der Waals surface area contributed by atoms with Crippen LogP contribution in [-0.2, 0) is 11.2 Å². The zero-order chi connectivity index (χ0) is 11.5. The predicted molar refractivity (Wildman–Crippen MR) is 66.6 cm³/mol. The van der Waals surface area contributed by atoms with Crippen molar-refractivity contribution >= 4 is 5.78 Å². The van der Waals surface area contributed by atoms with E-state index in [-0.39, 0.29) is 5.92 Å². The molecule has 0 bridgehead atoms. The minimum atomic E-state index is 0.190. The van der Waals surface area contributed by atoms with E-state index in [4.69, 9.17) is 0 Å². The Balaban J connectivity index is 2.04. The predicted octanol–water partition coefficient (Wildman–Crippen LogP) is 3.72.